The maximum absolute atomic E-state index is 13.5. The van der Waals surface area contributed by atoms with E-state index >= 15 is 0 Å². The third kappa shape index (κ3) is 3.21. The molecule has 0 spiro atoms. The van der Waals surface area contributed by atoms with Crippen LogP contribution < -0.4 is 5.56 Å². The van der Waals surface area contributed by atoms with Crippen molar-refractivity contribution in [2.24, 2.45) is 7.05 Å². The van der Waals surface area contributed by atoms with Crippen molar-refractivity contribution in [1.82, 2.24) is 19.3 Å². The quantitative estimate of drug-likeness (QED) is 0.510. The van der Waals surface area contributed by atoms with Crippen LogP contribution in [0.15, 0.2) is 59.7 Å². The lowest BCUT2D eigenvalue weighted by atomic mass is 10.1. The molecule has 0 N–H and O–H groups in total. The molecular formula is C23H20N4O. The topological polar surface area (TPSA) is 52.7 Å². The number of fused-ring (bicyclic) bond motifs is 1. The molecule has 2 aromatic heterocycles. The summed E-state index contributed by atoms with van der Waals surface area (Å²) < 4.78 is 3.39. The zero-order chi connectivity index (χ0) is 19.7. The summed E-state index contributed by atoms with van der Waals surface area (Å²) in [5.74, 6) is 6.95. The highest BCUT2D eigenvalue weighted by Gasteiger charge is 2.14. The SMILES string of the molecule is CCc1nc2cccc(C#Cc3cnn(C)c3)c2c(=O)n1-c1ccc(C)cc1. The van der Waals surface area contributed by atoms with Crippen LogP contribution in [-0.4, -0.2) is 19.3 Å². The van der Waals surface area contributed by atoms with Crippen molar-refractivity contribution in [3.8, 4) is 17.5 Å². The van der Waals surface area contributed by atoms with Gasteiger partial charge >= 0.3 is 0 Å². The van der Waals surface area contributed by atoms with E-state index in [4.69, 9.17) is 4.98 Å². The van der Waals surface area contributed by atoms with Crippen LogP contribution in [0.25, 0.3) is 16.6 Å². The molecule has 0 fully saturated rings. The van der Waals surface area contributed by atoms with E-state index < -0.39 is 0 Å². The number of aromatic nitrogens is 4. The molecule has 2 heterocycles. The minimum Gasteiger partial charge on any atom is -0.275 e. The molecule has 0 saturated carbocycles. The van der Waals surface area contributed by atoms with Gasteiger partial charge in [0.1, 0.15) is 5.82 Å². The third-order valence-electron chi connectivity index (χ3n) is 4.62. The summed E-state index contributed by atoms with van der Waals surface area (Å²) in [5.41, 5.74) is 4.01. The maximum Gasteiger partial charge on any atom is 0.267 e. The largest absolute Gasteiger partial charge is 0.275 e. The number of hydrogen-bond acceptors (Lipinski definition) is 3. The van der Waals surface area contributed by atoms with Crippen LogP contribution in [0.2, 0.25) is 0 Å². The molecule has 0 bridgehead atoms. The van der Waals surface area contributed by atoms with Gasteiger partial charge in [0.25, 0.3) is 5.56 Å². The van der Waals surface area contributed by atoms with E-state index in [-0.39, 0.29) is 5.56 Å². The van der Waals surface area contributed by atoms with Crippen molar-refractivity contribution in [3.63, 3.8) is 0 Å². The number of aryl methyl sites for hydroxylation is 3. The number of hydrogen-bond donors (Lipinski definition) is 0. The molecule has 0 amide bonds. The molecule has 0 aliphatic rings. The molecule has 5 nitrogen and oxygen atoms in total. The Morgan fingerprint density at radius 3 is 2.54 bits per heavy atom. The van der Waals surface area contributed by atoms with Gasteiger partial charge in [0, 0.05) is 25.2 Å². The average molecular weight is 368 g/mol. The fraction of sp³-hybridized carbons (Fsp3) is 0.174. The second-order valence-corrected chi connectivity index (χ2v) is 6.71. The second-order valence-electron chi connectivity index (χ2n) is 6.71. The third-order valence-corrected chi connectivity index (χ3v) is 4.62. The first-order valence-corrected chi connectivity index (χ1v) is 9.19. The summed E-state index contributed by atoms with van der Waals surface area (Å²) >= 11 is 0. The standard InChI is InChI=1S/C23H20N4O/c1-4-21-25-20-7-5-6-18(11-10-17-14-24-26(3)15-17)22(20)23(28)27(21)19-12-8-16(2)9-13-19/h5-9,12-15H,4H2,1-3H3. The van der Waals surface area contributed by atoms with Gasteiger partial charge in [-0.1, -0.05) is 42.5 Å². The van der Waals surface area contributed by atoms with E-state index in [1.807, 2.05) is 69.6 Å². The smallest absolute Gasteiger partial charge is 0.267 e. The van der Waals surface area contributed by atoms with E-state index in [2.05, 4.69) is 16.9 Å². The van der Waals surface area contributed by atoms with Gasteiger partial charge < -0.3 is 0 Å². The summed E-state index contributed by atoms with van der Waals surface area (Å²) in [6.45, 7) is 4.03. The fourth-order valence-electron chi connectivity index (χ4n) is 3.20. The minimum absolute atomic E-state index is 0.0956. The van der Waals surface area contributed by atoms with Crippen molar-refractivity contribution in [2.45, 2.75) is 20.3 Å². The highest BCUT2D eigenvalue weighted by molar-refractivity contribution is 5.84. The number of benzene rings is 2. The van der Waals surface area contributed by atoms with Crippen molar-refractivity contribution < 1.29 is 0 Å². The van der Waals surface area contributed by atoms with Crippen LogP contribution in [-0.2, 0) is 13.5 Å². The lowest BCUT2D eigenvalue weighted by molar-refractivity contribution is 0.767. The Morgan fingerprint density at radius 2 is 1.86 bits per heavy atom. The number of nitrogens with zero attached hydrogens (tertiary/aromatic N) is 4. The Balaban J connectivity index is 1.96. The normalized spacial score (nSPS) is 10.7. The monoisotopic (exact) mass is 368 g/mol. The Labute approximate surface area is 163 Å². The van der Waals surface area contributed by atoms with E-state index in [1.165, 1.54) is 0 Å². The van der Waals surface area contributed by atoms with Gasteiger partial charge in [0.2, 0.25) is 0 Å². The molecule has 28 heavy (non-hydrogen) atoms. The zero-order valence-corrected chi connectivity index (χ0v) is 16.1. The van der Waals surface area contributed by atoms with Gasteiger partial charge in [-0.15, -0.1) is 0 Å². The van der Waals surface area contributed by atoms with Crippen LogP contribution in [0.5, 0.6) is 0 Å². The maximum atomic E-state index is 13.5. The Kier molecular flexibility index (Phi) is 4.54. The molecule has 0 radical (unpaired) electrons. The predicted molar refractivity (Wildman–Crippen MR) is 111 cm³/mol. The molecule has 4 aromatic rings. The van der Waals surface area contributed by atoms with Crippen molar-refractivity contribution in [1.29, 1.82) is 0 Å². The first kappa shape index (κ1) is 17.7. The second kappa shape index (κ2) is 7.16. The summed E-state index contributed by atoms with van der Waals surface area (Å²) in [6.07, 6.45) is 4.21. The van der Waals surface area contributed by atoms with Crippen LogP contribution in [0.1, 0.15) is 29.4 Å². The highest BCUT2D eigenvalue weighted by atomic mass is 16.1. The first-order valence-electron chi connectivity index (χ1n) is 9.19. The number of rotatable bonds is 2. The summed E-state index contributed by atoms with van der Waals surface area (Å²) in [6, 6.07) is 13.5. The van der Waals surface area contributed by atoms with Crippen LogP contribution in [0.4, 0.5) is 0 Å². The van der Waals surface area contributed by atoms with Gasteiger partial charge in [-0.05, 0) is 31.2 Å². The zero-order valence-electron chi connectivity index (χ0n) is 16.1. The van der Waals surface area contributed by atoms with Crippen molar-refractivity contribution >= 4 is 10.9 Å². The molecule has 0 unspecified atom stereocenters. The molecule has 2 aromatic carbocycles. The molecule has 0 aliphatic heterocycles. The summed E-state index contributed by atoms with van der Waals surface area (Å²) in [7, 11) is 1.85. The Bertz CT molecular complexity index is 1280. The fourth-order valence-corrected chi connectivity index (χ4v) is 3.20. The molecule has 4 rings (SSSR count). The lowest BCUT2D eigenvalue weighted by Gasteiger charge is -2.13. The van der Waals surface area contributed by atoms with Gasteiger partial charge in [0.15, 0.2) is 0 Å². The van der Waals surface area contributed by atoms with Gasteiger partial charge in [0.05, 0.1) is 28.4 Å². The van der Waals surface area contributed by atoms with Gasteiger partial charge in [-0.25, -0.2) is 4.98 Å². The first-order chi connectivity index (χ1) is 13.6. The average Bonchev–Trinajstić information content (AvgIpc) is 3.12. The molecule has 0 aliphatic carbocycles. The van der Waals surface area contributed by atoms with Gasteiger partial charge in [-0.2, -0.15) is 5.10 Å². The highest BCUT2D eigenvalue weighted by Crippen LogP contribution is 2.17. The minimum atomic E-state index is -0.0956. The molecule has 5 heteroatoms. The Hall–Kier alpha value is -3.65. The van der Waals surface area contributed by atoms with E-state index in [9.17, 15) is 4.79 Å². The summed E-state index contributed by atoms with van der Waals surface area (Å²) in [5, 5.41) is 4.67. The van der Waals surface area contributed by atoms with Crippen LogP contribution in [0.3, 0.4) is 0 Å². The van der Waals surface area contributed by atoms with E-state index in [0.717, 1.165) is 22.6 Å². The molecule has 0 atom stereocenters. The molecule has 0 saturated heterocycles. The molecule has 138 valence electrons. The predicted octanol–water partition coefficient (Wildman–Crippen LogP) is 3.39. The lowest BCUT2D eigenvalue weighted by Crippen LogP contribution is -2.24. The summed E-state index contributed by atoms with van der Waals surface area (Å²) in [4.78, 5) is 18.2. The van der Waals surface area contributed by atoms with E-state index in [0.29, 0.717) is 22.9 Å². The molecular weight excluding hydrogens is 348 g/mol. The Morgan fingerprint density at radius 1 is 1.07 bits per heavy atom. The van der Waals surface area contributed by atoms with E-state index in [1.54, 1.807) is 15.4 Å². The van der Waals surface area contributed by atoms with Gasteiger partial charge in [-0.3, -0.25) is 14.0 Å². The van der Waals surface area contributed by atoms with Crippen LogP contribution >= 0.6 is 0 Å². The van der Waals surface area contributed by atoms with Crippen LogP contribution in [0, 0.1) is 18.8 Å². The van der Waals surface area contributed by atoms with Crippen molar-refractivity contribution in [3.05, 3.63) is 87.7 Å². The van der Waals surface area contributed by atoms with Crippen molar-refractivity contribution in [2.75, 3.05) is 0 Å².